The highest BCUT2D eigenvalue weighted by Crippen LogP contribution is 2.65. The van der Waals surface area contributed by atoms with Crippen molar-refractivity contribution in [2.24, 2.45) is 28.6 Å². The van der Waals surface area contributed by atoms with Crippen molar-refractivity contribution in [2.45, 2.75) is 142 Å². The molecule has 4 aliphatic rings. The third kappa shape index (κ3) is 6.79. The van der Waals surface area contributed by atoms with Crippen molar-refractivity contribution in [1.29, 1.82) is 0 Å². The molecule has 0 aromatic rings. The van der Waals surface area contributed by atoms with E-state index in [1.807, 2.05) is 6.08 Å². The number of aliphatic hydroxyl groups excluding tert-OH is 1. The Balaban J connectivity index is 0.000000216. The summed E-state index contributed by atoms with van der Waals surface area (Å²) in [6.07, 6.45) is 22.2. The van der Waals surface area contributed by atoms with Gasteiger partial charge in [0.2, 0.25) is 0 Å². The fourth-order valence-electron chi connectivity index (χ4n) is 8.12. The third-order valence-electron chi connectivity index (χ3n) is 10.4. The van der Waals surface area contributed by atoms with Gasteiger partial charge in [-0.05, 0) is 86.0 Å². The lowest BCUT2D eigenvalue weighted by atomic mass is 9.47. The topological polar surface area (TPSA) is 74.6 Å². The molecular formula is C31H52O4. The van der Waals surface area contributed by atoms with Crippen LogP contribution < -0.4 is 0 Å². The Hall–Kier alpha value is -1.16. The van der Waals surface area contributed by atoms with E-state index in [4.69, 9.17) is 5.11 Å². The second-order valence-electron chi connectivity index (χ2n) is 12.6. The number of ketones is 1. The molecule has 0 aromatic carbocycles. The van der Waals surface area contributed by atoms with Crippen LogP contribution >= 0.6 is 0 Å². The van der Waals surface area contributed by atoms with Crippen LogP contribution in [0.5, 0.6) is 0 Å². The predicted octanol–water partition coefficient (Wildman–Crippen LogP) is 7.87. The van der Waals surface area contributed by atoms with Crippen LogP contribution in [0.15, 0.2) is 11.6 Å². The number of aliphatic hydroxyl groups is 1. The summed E-state index contributed by atoms with van der Waals surface area (Å²) >= 11 is 0. The van der Waals surface area contributed by atoms with E-state index in [9.17, 15) is 14.7 Å². The molecule has 3 fully saturated rings. The van der Waals surface area contributed by atoms with Crippen molar-refractivity contribution in [1.82, 2.24) is 0 Å². The second kappa shape index (κ2) is 12.9. The number of unbranched alkanes of at least 4 members (excludes halogenated alkanes) is 8. The maximum absolute atomic E-state index is 11.8. The average molecular weight is 489 g/mol. The lowest BCUT2D eigenvalue weighted by molar-refractivity contribution is -0.137. The van der Waals surface area contributed by atoms with Crippen molar-refractivity contribution in [3.63, 3.8) is 0 Å². The summed E-state index contributed by atoms with van der Waals surface area (Å²) in [5.74, 6) is 1.92. The zero-order chi connectivity index (χ0) is 25.5. The van der Waals surface area contributed by atoms with E-state index < -0.39 is 5.97 Å². The molecule has 3 saturated carbocycles. The van der Waals surface area contributed by atoms with Gasteiger partial charge in [-0.2, -0.15) is 0 Å². The Morgan fingerprint density at radius 2 is 1.54 bits per heavy atom. The molecular weight excluding hydrogens is 436 g/mol. The monoisotopic (exact) mass is 488 g/mol. The molecule has 0 heterocycles. The molecule has 0 aliphatic heterocycles. The van der Waals surface area contributed by atoms with E-state index in [2.05, 4.69) is 20.8 Å². The molecule has 4 rings (SSSR count). The summed E-state index contributed by atoms with van der Waals surface area (Å²) in [5, 5.41) is 18.9. The molecule has 0 amide bonds. The summed E-state index contributed by atoms with van der Waals surface area (Å²) < 4.78 is 0. The van der Waals surface area contributed by atoms with Gasteiger partial charge in [0.15, 0.2) is 5.78 Å². The van der Waals surface area contributed by atoms with Crippen molar-refractivity contribution in [2.75, 3.05) is 0 Å². The summed E-state index contributed by atoms with van der Waals surface area (Å²) in [6.45, 7) is 6.99. The lowest BCUT2D eigenvalue weighted by Crippen LogP contribution is -2.51. The highest BCUT2D eigenvalue weighted by Gasteiger charge is 2.58. The first-order valence-electron chi connectivity index (χ1n) is 14.9. The van der Waals surface area contributed by atoms with Gasteiger partial charge in [0, 0.05) is 12.8 Å². The molecule has 0 saturated heterocycles. The van der Waals surface area contributed by atoms with Crippen LogP contribution in [0.4, 0.5) is 0 Å². The molecule has 0 aromatic heterocycles. The van der Waals surface area contributed by atoms with E-state index >= 15 is 0 Å². The fraction of sp³-hybridized carbons (Fsp3) is 0.871. The number of carboxylic acid groups (broad SMARTS) is 1. The second-order valence-corrected chi connectivity index (χ2v) is 12.6. The zero-order valence-corrected chi connectivity index (χ0v) is 22.8. The minimum absolute atomic E-state index is 0.0823. The average Bonchev–Trinajstić information content (AvgIpc) is 3.13. The Bertz CT molecular complexity index is 742. The van der Waals surface area contributed by atoms with Crippen molar-refractivity contribution >= 4 is 11.8 Å². The van der Waals surface area contributed by atoms with Gasteiger partial charge in [-0.25, -0.2) is 0 Å². The Morgan fingerprint density at radius 3 is 2.20 bits per heavy atom. The molecule has 0 bridgehead atoms. The van der Waals surface area contributed by atoms with Crippen LogP contribution in [0.25, 0.3) is 0 Å². The van der Waals surface area contributed by atoms with Gasteiger partial charge in [-0.3, -0.25) is 9.59 Å². The maximum Gasteiger partial charge on any atom is 0.303 e. The Morgan fingerprint density at radius 1 is 0.886 bits per heavy atom. The van der Waals surface area contributed by atoms with Crippen LogP contribution in [-0.2, 0) is 9.59 Å². The van der Waals surface area contributed by atoms with E-state index in [1.165, 1.54) is 76.2 Å². The number of carboxylic acids is 1. The van der Waals surface area contributed by atoms with E-state index in [-0.39, 0.29) is 16.9 Å². The number of allylic oxidation sites excluding steroid dienone is 1. The van der Waals surface area contributed by atoms with Gasteiger partial charge >= 0.3 is 5.97 Å². The minimum atomic E-state index is -0.659. The van der Waals surface area contributed by atoms with Gasteiger partial charge in [-0.1, -0.05) is 77.7 Å². The molecule has 6 atom stereocenters. The number of hydrogen-bond donors (Lipinski definition) is 2. The SMILES string of the molecule is CCCCCCCCCCCC(=O)O.C[C@]12CC[C@H]3[C@@H](CCC4=CC(=O)CC[C@@]43C)[C@@H]1CC[C@@H]2O. The Labute approximate surface area is 214 Å². The molecule has 200 valence electrons. The number of fused-ring (bicyclic) bond motifs is 5. The smallest absolute Gasteiger partial charge is 0.303 e. The lowest BCUT2D eigenvalue weighted by Gasteiger charge is -2.57. The standard InChI is InChI=1S/C19H28O2.C12H24O2/c1-18-9-7-13(20)11-12(18)3-4-14-15-5-6-17(21)19(15,2)10-8-16(14)18;1-2-3-4-5-6-7-8-9-10-11-12(13)14/h11,14-17,21H,3-10H2,1-2H3;2-11H2,1H3,(H,13,14)/t14-,15-,16-,17-,18-,19-;/m0./s1. The van der Waals surface area contributed by atoms with E-state index in [1.54, 1.807) is 0 Å². The highest BCUT2D eigenvalue weighted by atomic mass is 16.4. The van der Waals surface area contributed by atoms with Gasteiger partial charge in [0.1, 0.15) is 0 Å². The number of aliphatic carboxylic acids is 1. The molecule has 4 nitrogen and oxygen atoms in total. The van der Waals surface area contributed by atoms with Gasteiger partial charge in [-0.15, -0.1) is 0 Å². The minimum Gasteiger partial charge on any atom is -0.481 e. The normalized spacial score (nSPS) is 35.8. The quantitative estimate of drug-likeness (QED) is 0.307. The molecule has 35 heavy (non-hydrogen) atoms. The molecule has 4 heteroatoms. The summed E-state index contributed by atoms with van der Waals surface area (Å²) in [7, 11) is 0. The third-order valence-corrected chi connectivity index (χ3v) is 10.4. The summed E-state index contributed by atoms with van der Waals surface area (Å²) in [5.41, 5.74) is 1.89. The maximum atomic E-state index is 11.8. The van der Waals surface area contributed by atoms with Crippen molar-refractivity contribution < 1.29 is 19.8 Å². The van der Waals surface area contributed by atoms with E-state index in [0.717, 1.165) is 50.4 Å². The Kier molecular flexibility index (Phi) is 10.5. The highest BCUT2D eigenvalue weighted by molar-refractivity contribution is 5.91. The van der Waals surface area contributed by atoms with Gasteiger partial charge < -0.3 is 10.2 Å². The molecule has 0 radical (unpaired) electrons. The van der Waals surface area contributed by atoms with Gasteiger partial charge in [0.25, 0.3) is 0 Å². The van der Waals surface area contributed by atoms with Crippen LogP contribution in [0.1, 0.15) is 136 Å². The van der Waals surface area contributed by atoms with E-state index in [0.29, 0.717) is 18.1 Å². The zero-order valence-electron chi connectivity index (χ0n) is 22.8. The fourth-order valence-corrected chi connectivity index (χ4v) is 8.12. The molecule has 4 aliphatic carbocycles. The first kappa shape index (κ1) is 28.4. The molecule has 2 N–H and O–H groups in total. The number of rotatable bonds is 10. The van der Waals surface area contributed by atoms with Crippen LogP contribution in [0, 0.1) is 28.6 Å². The van der Waals surface area contributed by atoms with Crippen LogP contribution in [-0.4, -0.2) is 28.1 Å². The number of hydrogen-bond acceptors (Lipinski definition) is 3. The predicted molar refractivity (Wildman–Crippen MR) is 142 cm³/mol. The van der Waals surface area contributed by atoms with Crippen molar-refractivity contribution in [3.05, 3.63) is 11.6 Å². The summed E-state index contributed by atoms with van der Waals surface area (Å²) in [6, 6.07) is 0. The molecule has 0 spiro atoms. The molecule has 0 unspecified atom stereocenters. The number of carbonyl (C=O) groups excluding carboxylic acids is 1. The van der Waals surface area contributed by atoms with Crippen LogP contribution in [0.3, 0.4) is 0 Å². The van der Waals surface area contributed by atoms with Crippen LogP contribution in [0.2, 0.25) is 0 Å². The largest absolute Gasteiger partial charge is 0.481 e. The summed E-state index contributed by atoms with van der Waals surface area (Å²) in [4.78, 5) is 22.0. The first-order chi connectivity index (χ1) is 16.7. The first-order valence-corrected chi connectivity index (χ1v) is 14.9. The van der Waals surface area contributed by atoms with Gasteiger partial charge in [0.05, 0.1) is 6.10 Å². The van der Waals surface area contributed by atoms with Crippen molar-refractivity contribution in [3.8, 4) is 0 Å². The number of carbonyl (C=O) groups is 2.